The maximum atomic E-state index is 4.45. The molecule has 0 amide bonds. The summed E-state index contributed by atoms with van der Waals surface area (Å²) in [6.45, 7) is 2.68. The Kier molecular flexibility index (Phi) is 4.18. The van der Waals surface area contributed by atoms with Crippen LogP contribution in [0.4, 0.5) is 0 Å². The van der Waals surface area contributed by atoms with Crippen molar-refractivity contribution in [2.45, 2.75) is 13.5 Å². The van der Waals surface area contributed by atoms with E-state index in [1.54, 1.807) is 7.05 Å². The predicted molar refractivity (Wildman–Crippen MR) is 77.6 cm³/mol. The highest BCUT2D eigenvalue weighted by Crippen LogP contribution is 2.13. The third-order valence-electron chi connectivity index (χ3n) is 2.87. The van der Waals surface area contributed by atoms with Gasteiger partial charge in [0.25, 0.3) is 0 Å². The first-order chi connectivity index (χ1) is 9.24. The number of aliphatic imine (C=N–C) groups is 1. The van der Waals surface area contributed by atoms with Gasteiger partial charge < -0.3 is 10.6 Å². The molecule has 100 valence electrons. The number of rotatable bonds is 3. The Labute approximate surface area is 113 Å². The number of aromatic nitrogens is 2. The first-order valence-corrected chi connectivity index (χ1v) is 6.23. The largest absolute Gasteiger partial charge is 0.359 e. The van der Waals surface area contributed by atoms with Crippen LogP contribution >= 0.6 is 0 Å². The molecule has 1 aromatic heterocycles. The van der Waals surface area contributed by atoms with Crippen molar-refractivity contribution in [1.82, 2.24) is 20.4 Å². The molecule has 2 N–H and O–H groups in total. The van der Waals surface area contributed by atoms with Gasteiger partial charge in [0.1, 0.15) is 0 Å². The van der Waals surface area contributed by atoms with Crippen molar-refractivity contribution in [3.05, 3.63) is 47.8 Å². The Morgan fingerprint density at radius 1 is 1.32 bits per heavy atom. The van der Waals surface area contributed by atoms with Gasteiger partial charge in [0.15, 0.2) is 5.96 Å². The quantitative estimate of drug-likeness (QED) is 0.647. The number of aryl methyl sites for hydroxylation is 1. The van der Waals surface area contributed by atoms with Crippen LogP contribution in [0, 0.1) is 6.92 Å². The summed E-state index contributed by atoms with van der Waals surface area (Å²) in [6.07, 6.45) is 1.97. The minimum Gasteiger partial charge on any atom is -0.359 e. The first-order valence-electron chi connectivity index (χ1n) is 6.23. The molecule has 2 rings (SSSR count). The van der Waals surface area contributed by atoms with Crippen molar-refractivity contribution in [3.63, 3.8) is 0 Å². The Balaban J connectivity index is 2.22. The third-order valence-corrected chi connectivity index (χ3v) is 2.87. The van der Waals surface area contributed by atoms with Crippen molar-refractivity contribution in [2.75, 3.05) is 14.1 Å². The molecule has 0 aliphatic heterocycles. The van der Waals surface area contributed by atoms with Crippen molar-refractivity contribution < 1.29 is 0 Å². The average molecular weight is 257 g/mol. The van der Waals surface area contributed by atoms with Crippen LogP contribution in [-0.4, -0.2) is 29.8 Å². The minimum atomic E-state index is 0.697. The smallest absolute Gasteiger partial charge is 0.190 e. The molecule has 19 heavy (non-hydrogen) atoms. The number of hydrogen-bond donors (Lipinski definition) is 2. The lowest BCUT2D eigenvalue weighted by Gasteiger charge is -2.12. The van der Waals surface area contributed by atoms with Crippen LogP contribution in [0.15, 0.2) is 41.5 Å². The van der Waals surface area contributed by atoms with Crippen molar-refractivity contribution in [1.29, 1.82) is 0 Å². The van der Waals surface area contributed by atoms with Crippen molar-refractivity contribution in [3.8, 4) is 5.69 Å². The van der Waals surface area contributed by atoms with Crippen LogP contribution in [0.5, 0.6) is 0 Å². The standard InChI is InChI=1S/C14H19N5/c1-11-8-9-19(18-11)13-7-5-4-6-12(13)10-17-14(15-2)16-3/h4-9H,10H2,1-3H3,(H2,15,16,17). The molecule has 0 fully saturated rings. The lowest BCUT2D eigenvalue weighted by molar-refractivity contribution is 0.813. The summed E-state index contributed by atoms with van der Waals surface area (Å²) in [5, 5.41) is 10.7. The fourth-order valence-electron chi connectivity index (χ4n) is 1.89. The number of guanidine groups is 1. The SMILES string of the molecule is CN=C(NC)NCc1ccccc1-n1ccc(C)n1. The minimum absolute atomic E-state index is 0.697. The monoisotopic (exact) mass is 257 g/mol. The lowest BCUT2D eigenvalue weighted by atomic mass is 10.2. The van der Waals surface area contributed by atoms with E-state index < -0.39 is 0 Å². The van der Waals surface area contributed by atoms with E-state index in [0.29, 0.717) is 6.54 Å². The van der Waals surface area contributed by atoms with E-state index in [4.69, 9.17) is 0 Å². The Morgan fingerprint density at radius 3 is 2.74 bits per heavy atom. The fourth-order valence-corrected chi connectivity index (χ4v) is 1.89. The molecule has 0 aliphatic carbocycles. The van der Waals surface area contributed by atoms with Gasteiger partial charge in [-0.1, -0.05) is 18.2 Å². The molecule has 5 nitrogen and oxygen atoms in total. The van der Waals surface area contributed by atoms with E-state index in [1.807, 2.05) is 43.0 Å². The van der Waals surface area contributed by atoms with Gasteiger partial charge in [0.05, 0.1) is 11.4 Å². The Hall–Kier alpha value is -2.30. The molecule has 1 aromatic carbocycles. The molecule has 0 bridgehead atoms. The number of para-hydroxylation sites is 1. The van der Waals surface area contributed by atoms with Crippen LogP contribution < -0.4 is 10.6 Å². The van der Waals surface area contributed by atoms with Crippen LogP contribution in [0.2, 0.25) is 0 Å². The number of nitrogens with one attached hydrogen (secondary N) is 2. The molecule has 2 aromatic rings. The zero-order chi connectivity index (χ0) is 13.7. The number of benzene rings is 1. The van der Waals surface area contributed by atoms with E-state index in [2.05, 4.69) is 32.9 Å². The zero-order valence-corrected chi connectivity index (χ0v) is 11.5. The Morgan fingerprint density at radius 2 is 2.11 bits per heavy atom. The third kappa shape index (κ3) is 3.13. The highest BCUT2D eigenvalue weighted by Gasteiger charge is 2.05. The summed E-state index contributed by atoms with van der Waals surface area (Å²) in [6, 6.07) is 10.2. The second-order valence-electron chi connectivity index (χ2n) is 4.21. The van der Waals surface area contributed by atoms with Crippen LogP contribution in [-0.2, 0) is 6.54 Å². The summed E-state index contributed by atoms with van der Waals surface area (Å²) in [5.41, 5.74) is 3.26. The summed E-state index contributed by atoms with van der Waals surface area (Å²) < 4.78 is 1.90. The highest BCUT2D eigenvalue weighted by molar-refractivity contribution is 5.79. The van der Waals surface area contributed by atoms with E-state index in [-0.39, 0.29) is 0 Å². The van der Waals surface area contributed by atoms with E-state index >= 15 is 0 Å². The van der Waals surface area contributed by atoms with Gasteiger partial charge in [0.2, 0.25) is 0 Å². The fraction of sp³-hybridized carbons (Fsp3) is 0.286. The molecule has 0 saturated carbocycles. The van der Waals surface area contributed by atoms with Gasteiger partial charge in [-0.25, -0.2) is 4.68 Å². The molecule has 0 aliphatic rings. The number of nitrogens with zero attached hydrogens (tertiary/aromatic N) is 3. The maximum absolute atomic E-state index is 4.45. The molecular formula is C14H19N5. The second-order valence-corrected chi connectivity index (χ2v) is 4.21. The topological polar surface area (TPSA) is 54.2 Å². The average Bonchev–Trinajstić information content (AvgIpc) is 2.87. The van der Waals surface area contributed by atoms with E-state index in [0.717, 1.165) is 17.3 Å². The summed E-state index contributed by atoms with van der Waals surface area (Å²) in [7, 11) is 3.60. The molecular weight excluding hydrogens is 238 g/mol. The molecule has 5 heteroatoms. The summed E-state index contributed by atoms with van der Waals surface area (Å²) in [4.78, 5) is 4.10. The van der Waals surface area contributed by atoms with Gasteiger partial charge in [0, 0.05) is 26.8 Å². The molecule has 0 spiro atoms. The molecule has 1 heterocycles. The molecule has 0 radical (unpaired) electrons. The predicted octanol–water partition coefficient (Wildman–Crippen LogP) is 1.48. The van der Waals surface area contributed by atoms with Crippen molar-refractivity contribution in [2.24, 2.45) is 4.99 Å². The van der Waals surface area contributed by atoms with Gasteiger partial charge in [-0.3, -0.25) is 4.99 Å². The van der Waals surface area contributed by atoms with Gasteiger partial charge in [-0.15, -0.1) is 0 Å². The van der Waals surface area contributed by atoms with Crippen LogP contribution in [0.1, 0.15) is 11.3 Å². The van der Waals surface area contributed by atoms with Gasteiger partial charge in [-0.05, 0) is 24.6 Å². The molecule has 0 saturated heterocycles. The lowest BCUT2D eigenvalue weighted by Crippen LogP contribution is -2.34. The van der Waals surface area contributed by atoms with Gasteiger partial charge >= 0.3 is 0 Å². The number of hydrogen-bond acceptors (Lipinski definition) is 2. The Bertz CT molecular complexity index is 571. The second kappa shape index (κ2) is 6.04. The van der Waals surface area contributed by atoms with E-state index in [1.165, 1.54) is 5.56 Å². The van der Waals surface area contributed by atoms with Gasteiger partial charge in [-0.2, -0.15) is 5.10 Å². The summed E-state index contributed by atoms with van der Waals surface area (Å²) >= 11 is 0. The highest BCUT2D eigenvalue weighted by atomic mass is 15.3. The van der Waals surface area contributed by atoms with Crippen molar-refractivity contribution >= 4 is 5.96 Å². The molecule has 0 atom stereocenters. The normalized spacial score (nSPS) is 11.4. The zero-order valence-electron chi connectivity index (χ0n) is 11.5. The van der Waals surface area contributed by atoms with Crippen LogP contribution in [0.3, 0.4) is 0 Å². The molecule has 0 unspecified atom stereocenters. The van der Waals surface area contributed by atoms with Crippen LogP contribution in [0.25, 0.3) is 5.69 Å². The maximum Gasteiger partial charge on any atom is 0.190 e. The summed E-state index contributed by atoms with van der Waals surface area (Å²) in [5.74, 6) is 0.770. The first kappa shape index (κ1) is 13.1. The van der Waals surface area contributed by atoms with E-state index in [9.17, 15) is 0 Å².